The molecule has 0 aliphatic carbocycles. The molecule has 0 radical (unpaired) electrons. The van der Waals surface area contributed by atoms with E-state index in [0.717, 1.165) is 18.6 Å². The SMILES string of the molecule is NC(=S)CN1CCN(C(=O)c2cnn3ccccc23)CC1. The van der Waals surface area contributed by atoms with Gasteiger partial charge in [0.15, 0.2) is 0 Å². The number of nitrogens with zero attached hydrogens (tertiary/aromatic N) is 4. The summed E-state index contributed by atoms with van der Waals surface area (Å²) in [6.07, 6.45) is 3.48. The van der Waals surface area contributed by atoms with Gasteiger partial charge in [-0.2, -0.15) is 5.10 Å². The van der Waals surface area contributed by atoms with Gasteiger partial charge in [0.05, 0.1) is 22.3 Å². The molecular weight excluding hydrogens is 286 g/mol. The summed E-state index contributed by atoms with van der Waals surface area (Å²) < 4.78 is 1.72. The molecule has 0 atom stereocenters. The Morgan fingerprint density at radius 1 is 1.29 bits per heavy atom. The van der Waals surface area contributed by atoms with Crippen LogP contribution < -0.4 is 5.73 Å². The maximum Gasteiger partial charge on any atom is 0.257 e. The molecule has 3 heterocycles. The normalized spacial score (nSPS) is 16.3. The summed E-state index contributed by atoms with van der Waals surface area (Å²) in [5.74, 6) is 0.0335. The zero-order chi connectivity index (χ0) is 14.8. The van der Waals surface area contributed by atoms with E-state index in [1.54, 1.807) is 10.7 Å². The highest BCUT2D eigenvalue weighted by atomic mass is 32.1. The number of fused-ring (bicyclic) bond motifs is 1. The van der Waals surface area contributed by atoms with Crippen molar-refractivity contribution in [2.75, 3.05) is 32.7 Å². The molecule has 110 valence electrons. The first-order chi connectivity index (χ1) is 10.1. The van der Waals surface area contributed by atoms with E-state index in [1.165, 1.54) is 0 Å². The van der Waals surface area contributed by atoms with Crippen LogP contribution in [0, 0.1) is 0 Å². The summed E-state index contributed by atoms with van der Waals surface area (Å²) in [4.78, 5) is 17.1. The van der Waals surface area contributed by atoms with Crippen LogP contribution in [0.1, 0.15) is 10.4 Å². The second-order valence-corrected chi connectivity index (χ2v) is 5.65. The van der Waals surface area contributed by atoms with Crippen LogP contribution in [0.5, 0.6) is 0 Å². The second kappa shape index (κ2) is 5.79. The number of aromatic nitrogens is 2. The van der Waals surface area contributed by atoms with E-state index >= 15 is 0 Å². The molecule has 1 amide bonds. The van der Waals surface area contributed by atoms with Crippen LogP contribution in [0.2, 0.25) is 0 Å². The van der Waals surface area contributed by atoms with Crippen LogP contribution in [0.3, 0.4) is 0 Å². The van der Waals surface area contributed by atoms with Gasteiger partial charge in [0.2, 0.25) is 0 Å². The largest absolute Gasteiger partial charge is 0.392 e. The van der Waals surface area contributed by atoms with Crippen molar-refractivity contribution in [2.24, 2.45) is 5.73 Å². The maximum atomic E-state index is 12.6. The van der Waals surface area contributed by atoms with E-state index in [2.05, 4.69) is 10.00 Å². The van der Waals surface area contributed by atoms with Gasteiger partial charge < -0.3 is 10.6 Å². The molecule has 1 fully saturated rings. The summed E-state index contributed by atoms with van der Waals surface area (Å²) in [5.41, 5.74) is 7.05. The van der Waals surface area contributed by atoms with Gasteiger partial charge in [-0.25, -0.2) is 4.52 Å². The quantitative estimate of drug-likeness (QED) is 0.830. The number of pyridine rings is 1. The third-order valence-electron chi connectivity index (χ3n) is 3.70. The predicted molar refractivity (Wildman–Crippen MR) is 84.3 cm³/mol. The fourth-order valence-electron chi connectivity index (χ4n) is 2.60. The van der Waals surface area contributed by atoms with Crippen molar-refractivity contribution < 1.29 is 4.79 Å². The summed E-state index contributed by atoms with van der Waals surface area (Å²) in [6.45, 7) is 3.58. The van der Waals surface area contributed by atoms with Gasteiger partial charge in [-0.05, 0) is 12.1 Å². The molecule has 2 aromatic rings. The number of rotatable bonds is 3. The number of hydrogen-bond donors (Lipinski definition) is 1. The van der Waals surface area contributed by atoms with E-state index in [0.29, 0.717) is 30.2 Å². The van der Waals surface area contributed by atoms with E-state index < -0.39 is 0 Å². The molecule has 0 saturated carbocycles. The number of nitrogens with two attached hydrogens (primary N) is 1. The number of amides is 1. The first-order valence-electron chi connectivity index (χ1n) is 6.87. The molecule has 7 heteroatoms. The van der Waals surface area contributed by atoms with Crippen LogP contribution in [-0.4, -0.2) is 63.0 Å². The highest BCUT2D eigenvalue weighted by molar-refractivity contribution is 7.80. The minimum absolute atomic E-state index is 0.0335. The standard InChI is InChI=1S/C14H17N5OS/c15-13(21)10-17-5-7-18(8-6-17)14(20)11-9-16-19-4-2-1-3-12(11)19/h1-4,9H,5-8,10H2,(H2,15,21). The summed E-state index contributed by atoms with van der Waals surface area (Å²) in [5, 5.41) is 4.21. The average molecular weight is 303 g/mol. The molecule has 0 bridgehead atoms. The topological polar surface area (TPSA) is 66.9 Å². The molecule has 2 N–H and O–H groups in total. The van der Waals surface area contributed by atoms with Gasteiger partial charge in [0, 0.05) is 38.9 Å². The van der Waals surface area contributed by atoms with Crippen LogP contribution >= 0.6 is 12.2 Å². The van der Waals surface area contributed by atoms with Gasteiger partial charge in [-0.3, -0.25) is 9.69 Å². The van der Waals surface area contributed by atoms with Crippen molar-refractivity contribution in [3.63, 3.8) is 0 Å². The fraction of sp³-hybridized carbons (Fsp3) is 0.357. The Bertz CT molecular complexity index is 675. The van der Waals surface area contributed by atoms with Crippen molar-refractivity contribution in [2.45, 2.75) is 0 Å². The van der Waals surface area contributed by atoms with Crippen molar-refractivity contribution in [1.29, 1.82) is 0 Å². The van der Waals surface area contributed by atoms with Crippen molar-refractivity contribution >= 4 is 28.6 Å². The highest BCUT2D eigenvalue weighted by Crippen LogP contribution is 2.14. The molecule has 0 unspecified atom stereocenters. The second-order valence-electron chi connectivity index (χ2n) is 5.12. The molecule has 1 aliphatic rings. The minimum Gasteiger partial charge on any atom is -0.392 e. The zero-order valence-electron chi connectivity index (χ0n) is 11.6. The Morgan fingerprint density at radius 2 is 2.05 bits per heavy atom. The predicted octanol–water partition coefficient (Wildman–Crippen LogP) is 0.378. The Morgan fingerprint density at radius 3 is 2.76 bits per heavy atom. The molecule has 0 aromatic carbocycles. The van der Waals surface area contributed by atoms with Crippen LogP contribution in [0.4, 0.5) is 0 Å². The van der Waals surface area contributed by atoms with E-state index in [4.69, 9.17) is 18.0 Å². The monoisotopic (exact) mass is 303 g/mol. The Hall–Kier alpha value is -1.99. The molecular formula is C14H17N5OS. The molecule has 2 aromatic heterocycles. The van der Waals surface area contributed by atoms with Gasteiger partial charge in [0.1, 0.15) is 0 Å². The lowest BCUT2D eigenvalue weighted by molar-refractivity contribution is 0.0656. The number of carbonyl (C=O) groups is 1. The van der Waals surface area contributed by atoms with E-state index in [9.17, 15) is 4.79 Å². The number of piperazine rings is 1. The van der Waals surface area contributed by atoms with Crippen molar-refractivity contribution in [1.82, 2.24) is 19.4 Å². The van der Waals surface area contributed by atoms with Crippen LogP contribution in [0.25, 0.3) is 5.52 Å². The molecule has 3 rings (SSSR count). The maximum absolute atomic E-state index is 12.6. The first-order valence-corrected chi connectivity index (χ1v) is 7.28. The minimum atomic E-state index is 0.0335. The lowest BCUT2D eigenvalue weighted by atomic mass is 10.2. The van der Waals surface area contributed by atoms with E-state index in [1.807, 2.05) is 29.3 Å². The smallest absolute Gasteiger partial charge is 0.257 e. The van der Waals surface area contributed by atoms with Gasteiger partial charge >= 0.3 is 0 Å². The van der Waals surface area contributed by atoms with Crippen LogP contribution in [-0.2, 0) is 0 Å². The number of carbonyl (C=O) groups excluding carboxylic acids is 1. The zero-order valence-corrected chi connectivity index (χ0v) is 12.4. The Balaban J connectivity index is 1.71. The lowest BCUT2D eigenvalue weighted by Crippen LogP contribution is -2.50. The van der Waals surface area contributed by atoms with Crippen molar-refractivity contribution in [3.05, 3.63) is 36.2 Å². The Kier molecular flexibility index (Phi) is 3.85. The molecule has 1 aliphatic heterocycles. The van der Waals surface area contributed by atoms with Gasteiger partial charge in [-0.15, -0.1) is 0 Å². The Labute approximate surface area is 128 Å². The average Bonchev–Trinajstić information content (AvgIpc) is 2.90. The highest BCUT2D eigenvalue weighted by Gasteiger charge is 2.24. The number of thiocarbonyl (C=S) groups is 1. The van der Waals surface area contributed by atoms with Gasteiger partial charge in [-0.1, -0.05) is 18.3 Å². The summed E-state index contributed by atoms with van der Waals surface area (Å²) >= 11 is 4.92. The summed E-state index contributed by atoms with van der Waals surface area (Å²) in [6, 6.07) is 5.71. The summed E-state index contributed by atoms with van der Waals surface area (Å²) in [7, 11) is 0. The van der Waals surface area contributed by atoms with E-state index in [-0.39, 0.29) is 5.91 Å². The molecule has 1 saturated heterocycles. The molecule has 21 heavy (non-hydrogen) atoms. The van der Waals surface area contributed by atoms with Crippen LogP contribution in [0.15, 0.2) is 30.6 Å². The fourth-order valence-corrected chi connectivity index (χ4v) is 2.78. The molecule has 6 nitrogen and oxygen atoms in total. The third kappa shape index (κ3) is 2.88. The molecule has 0 spiro atoms. The number of hydrogen-bond acceptors (Lipinski definition) is 4. The lowest BCUT2D eigenvalue weighted by Gasteiger charge is -2.34. The van der Waals surface area contributed by atoms with Crippen molar-refractivity contribution in [3.8, 4) is 0 Å². The first kappa shape index (κ1) is 14.0. The third-order valence-corrected chi connectivity index (χ3v) is 3.82. The van der Waals surface area contributed by atoms with Gasteiger partial charge in [0.25, 0.3) is 5.91 Å².